The maximum Gasteiger partial charge on any atom is 0.253 e. The summed E-state index contributed by atoms with van der Waals surface area (Å²) in [5.41, 5.74) is 1.82. The molecule has 21 heavy (non-hydrogen) atoms. The van der Waals surface area contributed by atoms with Crippen LogP contribution in [0.25, 0.3) is 0 Å². The van der Waals surface area contributed by atoms with E-state index in [2.05, 4.69) is 26.2 Å². The van der Waals surface area contributed by atoms with E-state index in [1.807, 2.05) is 40.9 Å². The van der Waals surface area contributed by atoms with Gasteiger partial charge < -0.3 is 4.90 Å². The molecule has 0 bridgehead atoms. The number of nitrogens with zero attached hydrogens (tertiary/aromatic N) is 4. The monoisotopic (exact) mass is 348 g/mol. The lowest BCUT2D eigenvalue weighted by atomic mass is 10.0. The number of likely N-dealkylation sites (tertiary alicyclic amines) is 1. The van der Waals surface area contributed by atoms with E-state index in [9.17, 15) is 4.79 Å². The quantitative estimate of drug-likeness (QED) is 0.838. The number of aryl methyl sites for hydroxylation is 1. The van der Waals surface area contributed by atoms with Crippen LogP contribution in [0.4, 0.5) is 0 Å². The first-order chi connectivity index (χ1) is 10.1. The van der Waals surface area contributed by atoms with E-state index in [1.54, 1.807) is 6.20 Å². The van der Waals surface area contributed by atoms with Crippen LogP contribution in [0.2, 0.25) is 0 Å². The highest BCUT2D eigenvalue weighted by Crippen LogP contribution is 2.23. The highest BCUT2D eigenvalue weighted by molar-refractivity contribution is 9.10. The number of halogens is 1. The Morgan fingerprint density at radius 1 is 1.38 bits per heavy atom. The summed E-state index contributed by atoms with van der Waals surface area (Å²) in [6.45, 7) is 3.49. The van der Waals surface area contributed by atoms with E-state index in [4.69, 9.17) is 0 Å². The van der Waals surface area contributed by atoms with Crippen molar-refractivity contribution in [3.63, 3.8) is 0 Å². The average Bonchev–Trinajstić information content (AvgIpc) is 3.00. The second-order valence-electron chi connectivity index (χ2n) is 5.45. The van der Waals surface area contributed by atoms with Crippen LogP contribution in [0.1, 0.15) is 34.8 Å². The molecule has 0 spiro atoms. The second-order valence-corrected chi connectivity index (χ2v) is 6.36. The Kier molecular flexibility index (Phi) is 4.05. The zero-order valence-electron chi connectivity index (χ0n) is 11.9. The lowest BCUT2D eigenvalue weighted by Crippen LogP contribution is -2.40. The highest BCUT2D eigenvalue weighted by Gasteiger charge is 2.26. The van der Waals surface area contributed by atoms with Crippen LogP contribution < -0.4 is 0 Å². The van der Waals surface area contributed by atoms with Crippen molar-refractivity contribution in [1.82, 2.24) is 19.9 Å². The summed E-state index contributed by atoms with van der Waals surface area (Å²) in [6.07, 6.45) is 5.56. The number of amides is 1. The molecule has 0 aliphatic carbocycles. The molecule has 2 heterocycles. The van der Waals surface area contributed by atoms with Gasteiger partial charge in [-0.25, -0.2) is 4.68 Å². The maximum atomic E-state index is 12.7. The van der Waals surface area contributed by atoms with Gasteiger partial charge in [-0.15, -0.1) is 5.10 Å². The van der Waals surface area contributed by atoms with Gasteiger partial charge in [-0.3, -0.25) is 4.79 Å². The Balaban J connectivity index is 1.78. The fourth-order valence-corrected chi connectivity index (χ4v) is 3.42. The van der Waals surface area contributed by atoms with E-state index < -0.39 is 0 Å². The minimum Gasteiger partial charge on any atom is -0.337 e. The van der Waals surface area contributed by atoms with Crippen LogP contribution >= 0.6 is 15.9 Å². The van der Waals surface area contributed by atoms with Crippen molar-refractivity contribution in [1.29, 1.82) is 0 Å². The van der Waals surface area contributed by atoms with Crippen molar-refractivity contribution in [2.24, 2.45) is 0 Å². The third-order valence-corrected chi connectivity index (χ3v) is 4.25. The predicted octanol–water partition coefficient (Wildman–Crippen LogP) is 2.83. The molecule has 1 aromatic heterocycles. The van der Waals surface area contributed by atoms with Crippen molar-refractivity contribution >= 4 is 21.8 Å². The zero-order valence-corrected chi connectivity index (χ0v) is 13.5. The Hall–Kier alpha value is -1.69. The van der Waals surface area contributed by atoms with Gasteiger partial charge in [0.1, 0.15) is 0 Å². The summed E-state index contributed by atoms with van der Waals surface area (Å²) in [7, 11) is 0. The molecule has 110 valence electrons. The molecule has 1 amide bonds. The topological polar surface area (TPSA) is 51.0 Å². The minimum absolute atomic E-state index is 0.0872. The molecule has 1 atom stereocenters. The standard InChI is InChI=1S/C15H17BrN4O/c1-11-7-12(9-13(16)8-11)15(21)19-5-2-3-14(10-19)20-6-4-17-18-20/h4,6-9,14H,2-3,5,10H2,1H3. The molecule has 1 aliphatic heterocycles. The number of hydrogen-bond acceptors (Lipinski definition) is 3. The molecule has 3 rings (SSSR count). The molecular formula is C15H17BrN4O. The van der Waals surface area contributed by atoms with E-state index in [0.717, 1.165) is 35.0 Å². The normalized spacial score (nSPS) is 18.8. The molecular weight excluding hydrogens is 332 g/mol. The van der Waals surface area contributed by atoms with Gasteiger partial charge in [-0.2, -0.15) is 0 Å². The molecule has 1 saturated heterocycles. The van der Waals surface area contributed by atoms with Crippen molar-refractivity contribution in [3.05, 3.63) is 46.2 Å². The number of carbonyl (C=O) groups is 1. The number of carbonyl (C=O) groups excluding carboxylic acids is 1. The van der Waals surface area contributed by atoms with Crippen LogP contribution in [-0.4, -0.2) is 38.9 Å². The molecule has 0 N–H and O–H groups in total. The SMILES string of the molecule is Cc1cc(Br)cc(C(=O)N2CCCC(n3ccnn3)C2)c1. The number of aromatic nitrogens is 3. The van der Waals surface area contributed by atoms with Gasteiger partial charge >= 0.3 is 0 Å². The van der Waals surface area contributed by atoms with Crippen molar-refractivity contribution in [3.8, 4) is 0 Å². The predicted molar refractivity (Wildman–Crippen MR) is 83.1 cm³/mol. The summed E-state index contributed by atoms with van der Waals surface area (Å²) >= 11 is 3.46. The molecule has 6 heteroatoms. The third kappa shape index (κ3) is 3.15. The van der Waals surface area contributed by atoms with E-state index in [1.165, 1.54) is 0 Å². The zero-order chi connectivity index (χ0) is 14.8. The fourth-order valence-electron chi connectivity index (χ4n) is 2.81. The molecule has 1 fully saturated rings. The van der Waals surface area contributed by atoms with Crippen molar-refractivity contribution in [2.75, 3.05) is 13.1 Å². The van der Waals surface area contributed by atoms with Gasteiger partial charge in [0.2, 0.25) is 0 Å². The lowest BCUT2D eigenvalue weighted by molar-refractivity contribution is 0.0671. The first-order valence-electron chi connectivity index (χ1n) is 7.06. The Bertz CT molecular complexity index is 621. The summed E-state index contributed by atoms with van der Waals surface area (Å²) < 4.78 is 2.79. The molecule has 0 saturated carbocycles. The molecule has 2 aromatic rings. The molecule has 1 aliphatic rings. The molecule has 1 unspecified atom stereocenters. The minimum atomic E-state index is 0.0872. The Labute approximate surface area is 132 Å². The summed E-state index contributed by atoms with van der Waals surface area (Å²) in [5, 5.41) is 7.91. The van der Waals surface area contributed by atoms with Gasteiger partial charge in [0.15, 0.2) is 0 Å². The van der Waals surface area contributed by atoms with E-state index in [0.29, 0.717) is 6.54 Å². The number of rotatable bonds is 2. The van der Waals surface area contributed by atoms with Crippen LogP contribution in [0.5, 0.6) is 0 Å². The lowest BCUT2D eigenvalue weighted by Gasteiger charge is -2.32. The second kappa shape index (κ2) is 5.97. The van der Waals surface area contributed by atoms with Crippen LogP contribution in [-0.2, 0) is 0 Å². The Morgan fingerprint density at radius 2 is 2.24 bits per heavy atom. The highest BCUT2D eigenvalue weighted by atomic mass is 79.9. The van der Waals surface area contributed by atoms with Crippen molar-refractivity contribution < 1.29 is 4.79 Å². The summed E-state index contributed by atoms with van der Waals surface area (Å²) in [4.78, 5) is 14.6. The van der Waals surface area contributed by atoms with E-state index in [-0.39, 0.29) is 11.9 Å². The molecule has 0 radical (unpaired) electrons. The van der Waals surface area contributed by atoms with Gasteiger partial charge in [0.05, 0.1) is 12.2 Å². The summed E-state index contributed by atoms with van der Waals surface area (Å²) in [6, 6.07) is 6.05. The van der Waals surface area contributed by atoms with Gasteiger partial charge in [0.25, 0.3) is 5.91 Å². The first-order valence-corrected chi connectivity index (χ1v) is 7.85. The third-order valence-electron chi connectivity index (χ3n) is 3.79. The molecule has 1 aromatic carbocycles. The number of hydrogen-bond donors (Lipinski definition) is 0. The van der Waals surface area contributed by atoms with E-state index >= 15 is 0 Å². The fraction of sp³-hybridized carbons (Fsp3) is 0.400. The number of benzene rings is 1. The largest absolute Gasteiger partial charge is 0.337 e. The first kappa shape index (κ1) is 14.3. The smallest absolute Gasteiger partial charge is 0.253 e. The van der Waals surface area contributed by atoms with Crippen LogP contribution in [0.3, 0.4) is 0 Å². The maximum absolute atomic E-state index is 12.7. The van der Waals surface area contributed by atoms with Crippen LogP contribution in [0.15, 0.2) is 35.1 Å². The Morgan fingerprint density at radius 3 is 2.95 bits per heavy atom. The van der Waals surface area contributed by atoms with Gasteiger partial charge in [-0.1, -0.05) is 21.1 Å². The van der Waals surface area contributed by atoms with Crippen LogP contribution in [0, 0.1) is 6.92 Å². The van der Waals surface area contributed by atoms with Crippen molar-refractivity contribution in [2.45, 2.75) is 25.8 Å². The average molecular weight is 349 g/mol. The van der Waals surface area contributed by atoms with Gasteiger partial charge in [0, 0.05) is 29.3 Å². The van der Waals surface area contributed by atoms with Gasteiger partial charge in [-0.05, 0) is 43.5 Å². The summed E-state index contributed by atoms with van der Waals surface area (Å²) in [5.74, 6) is 0.0872. The number of piperidine rings is 1. The molecule has 5 nitrogen and oxygen atoms in total.